The Bertz CT molecular complexity index is 670. The molecule has 3 atom stereocenters. The Kier molecular flexibility index (Phi) is 3.70. The van der Waals surface area contributed by atoms with Crippen LogP contribution in [0.4, 0.5) is 0 Å². The van der Waals surface area contributed by atoms with Crippen LogP contribution in [-0.4, -0.2) is 32.2 Å². The molecule has 0 aromatic carbocycles. The van der Waals surface area contributed by atoms with Gasteiger partial charge in [0, 0.05) is 12.4 Å². The molecule has 116 valence electrons. The lowest BCUT2D eigenvalue weighted by molar-refractivity contribution is -0.140. The van der Waals surface area contributed by atoms with Gasteiger partial charge in [0.15, 0.2) is 0 Å². The molecule has 3 rings (SSSR count). The van der Waals surface area contributed by atoms with E-state index in [1.807, 2.05) is 18.2 Å². The van der Waals surface area contributed by atoms with E-state index in [1.165, 1.54) is 0 Å². The number of imidazole rings is 1. The summed E-state index contributed by atoms with van der Waals surface area (Å²) in [6.07, 6.45) is 6.56. The maximum Gasteiger partial charge on any atom is 0.316 e. The van der Waals surface area contributed by atoms with Crippen LogP contribution in [0.5, 0.6) is 0 Å². The molecule has 0 amide bonds. The second-order valence-electron chi connectivity index (χ2n) is 6.11. The Morgan fingerprint density at radius 2 is 2.36 bits per heavy atom. The van der Waals surface area contributed by atoms with Crippen molar-refractivity contribution in [3.05, 3.63) is 42.6 Å². The van der Waals surface area contributed by atoms with E-state index in [0.29, 0.717) is 24.6 Å². The first-order valence-corrected chi connectivity index (χ1v) is 7.47. The Labute approximate surface area is 129 Å². The fourth-order valence-electron chi connectivity index (χ4n) is 3.07. The zero-order chi connectivity index (χ0) is 15.7. The van der Waals surface area contributed by atoms with Crippen molar-refractivity contribution in [2.75, 3.05) is 6.54 Å². The molecule has 2 aromatic heterocycles. The Morgan fingerprint density at radius 3 is 3.00 bits per heavy atom. The first kappa shape index (κ1) is 14.7. The predicted molar refractivity (Wildman–Crippen MR) is 81.6 cm³/mol. The van der Waals surface area contributed by atoms with Gasteiger partial charge in [-0.2, -0.15) is 0 Å². The predicted octanol–water partition coefficient (Wildman–Crippen LogP) is 1.59. The first-order valence-electron chi connectivity index (χ1n) is 7.47. The summed E-state index contributed by atoms with van der Waals surface area (Å²) in [6.45, 7) is 2.63. The van der Waals surface area contributed by atoms with E-state index in [-0.39, 0.29) is 5.92 Å². The molecule has 6 heteroatoms. The van der Waals surface area contributed by atoms with E-state index in [1.54, 1.807) is 23.3 Å². The largest absolute Gasteiger partial charge is 0.481 e. The quantitative estimate of drug-likeness (QED) is 0.845. The van der Waals surface area contributed by atoms with Gasteiger partial charge < -0.3 is 10.8 Å². The summed E-state index contributed by atoms with van der Waals surface area (Å²) in [7, 11) is 0. The lowest BCUT2D eigenvalue weighted by Gasteiger charge is -2.12. The minimum absolute atomic E-state index is 0.107. The summed E-state index contributed by atoms with van der Waals surface area (Å²) in [5.74, 6) is 0.363. The highest BCUT2D eigenvalue weighted by Gasteiger charge is 2.62. The van der Waals surface area contributed by atoms with Gasteiger partial charge in [0.25, 0.3) is 0 Å². The molecule has 0 aliphatic heterocycles. The number of carboxylic acid groups (broad SMARTS) is 1. The van der Waals surface area contributed by atoms with Crippen molar-refractivity contribution in [2.45, 2.75) is 25.2 Å². The van der Waals surface area contributed by atoms with Gasteiger partial charge in [0.2, 0.25) is 0 Å². The zero-order valence-corrected chi connectivity index (χ0v) is 12.5. The smallest absolute Gasteiger partial charge is 0.316 e. The van der Waals surface area contributed by atoms with E-state index >= 15 is 0 Å². The lowest BCUT2D eigenvalue weighted by Crippen LogP contribution is -2.24. The summed E-state index contributed by atoms with van der Waals surface area (Å²) >= 11 is 0. The van der Waals surface area contributed by atoms with Crippen molar-refractivity contribution in [3.8, 4) is 5.82 Å². The van der Waals surface area contributed by atoms with Gasteiger partial charge in [-0.25, -0.2) is 9.97 Å². The van der Waals surface area contributed by atoms with Crippen LogP contribution in [0, 0.1) is 11.8 Å². The zero-order valence-electron chi connectivity index (χ0n) is 12.5. The standard InChI is InChI=1S/C16H20N4O2/c1-11(8-17)6-12-7-16(12,15(21)22)13-9-20(10-19-13)14-4-2-3-5-18-14/h2-5,9-12H,6-8,17H2,1H3,(H,21,22)/t11-,12-,16+/m0/s1. The van der Waals surface area contributed by atoms with E-state index < -0.39 is 11.4 Å². The van der Waals surface area contributed by atoms with E-state index in [9.17, 15) is 9.90 Å². The van der Waals surface area contributed by atoms with Gasteiger partial charge in [-0.3, -0.25) is 9.36 Å². The SMILES string of the molecule is C[C@H](CN)C[C@H]1C[C@]1(C(=O)O)c1cn(-c2ccccn2)cn1. The third kappa shape index (κ3) is 2.39. The number of nitrogens with zero attached hydrogens (tertiary/aromatic N) is 3. The van der Waals surface area contributed by atoms with Crippen molar-refractivity contribution in [2.24, 2.45) is 17.6 Å². The number of nitrogens with two attached hydrogens (primary N) is 1. The molecule has 0 radical (unpaired) electrons. The van der Waals surface area contributed by atoms with Crippen LogP contribution in [0.3, 0.4) is 0 Å². The summed E-state index contributed by atoms with van der Waals surface area (Å²) in [4.78, 5) is 20.4. The third-order valence-electron chi connectivity index (χ3n) is 4.53. The van der Waals surface area contributed by atoms with Crippen LogP contribution < -0.4 is 5.73 Å². The Morgan fingerprint density at radius 1 is 1.55 bits per heavy atom. The minimum atomic E-state index is -0.858. The van der Waals surface area contributed by atoms with Crippen molar-refractivity contribution < 1.29 is 9.90 Å². The van der Waals surface area contributed by atoms with E-state index in [0.717, 1.165) is 12.2 Å². The fraction of sp³-hybridized carbons (Fsp3) is 0.438. The molecule has 1 saturated carbocycles. The van der Waals surface area contributed by atoms with Crippen LogP contribution in [0.15, 0.2) is 36.9 Å². The second-order valence-corrected chi connectivity index (χ2v) is 6.11. The lowest BCUT2D eigenvalue weighted by atomic mass is 9.94. The molecular weight excluding hydrogens is 280 g/mol. The normalized spacial score (nSPS) is 24.9. The number of rotatable bonds is 6. The topological polar surface area (TPSA) is 94.0 Å². The third-order valence-corrected chi connectivity index (χ3v) is 4.53. The summed E-state index contributed by atoms with van der Waals surface area (Å²) in [6, 6.07) is 5.59. The van der Waals surface area contributed by atoms with E-state index in [4.69, 9.17) is 5.73 Å². The highest BCUT2D eigenvalue weighted by molar-refractivity contribution is 5.85. The molecule has 2 aromatic rings. The average molecular weight is 300 g/mol. The first-order chi connectivity index (χ1) is 10.6. The van der Waals surface area contributed by atoms with E-state index in [2.05, 4.69) is 16.9 Å². The number of carboxylic acids is 1. The maximum absolute atomic E-state index is 11.8. The summed E-state index contributed by atoms with van der Waals surface area (Å²) in [5.41, 5.74) is 5.41. The number of aliphatic carboxylic acids is 1. The molecule has 0 saturated heterocycles. The van der Waals surface area contributed by atoms with Crippen LogP contribution in [0.25, 0.3) is 5.82 Å². The number of pyridine rings is 1. The number of carbonyl (C=O) groups is 1. The molecule has 6 nitrogen and oxygen atoms in total. The Balaban J connectivity index is 1.86. The average Bonchev–Trinajstić information content (AvgIpc) is 3.04. The van der Waals surface area contributed by atoms with Gasteiger partial charge >= 0.3 is 5.97 Å². The molecule has 3 N–H and O–H groups in total. The molecule has 0 bridgehead atoms. The second kappa shape index (κ2) is 5.53. The van der Waals surface area contributed by atoms with Gasteiger partial charge in [0.1, 0.15) is 17.6 Å². The molecule has 0 spiro atoms. The molecule has 1 aliphatic carbocycles. The summed E-state index contributed by atoms with van der Waals surface area (Å²) < 4.78 is 1.77. The fourth-order valence-corrected chi connectivity index (χ4v) is 3.07. The highest BCUT2D eigenvalue weighted by atomic mass is 16.4. The molecule has 1 fully saturated rings. The van der Waals surface area contributed by atoms with Crippen LogP contribution in [0.2, 0.25) is 0 Å². The monoisotopic (exact) mass is 300 g/mol. The van der Waals surface area contributed by atoms with Crippen molar-refractivity contribution >= 4 is 5.97 Å². The van der Waals surface area contributed by atoms with Crippen molar-refractivity contribution in [1.82, 2.24) is 14.5 Å². The van der Waals surface area contributed by atoms with Crippen LogP contribution >= 0.6 is 0 Å². The highest BCUT2D eigenvalue weighted by Crippen LogP contribution is 2.56. The molecule has 22 heavy (non-hydrogen) atoms. The summed E-state index contributed by atoms with van der Waals surface area (Å²) in [5, 5.41) is 9.70. The van der Waals surface area contributed by atoms with Crippen LogP contribution in [-0.2, 0) is 10.2 Å². The Hall–Kier alpha value is -2.21. The molecule has 2 heterocycles. The maximum atomic E-state index is 11.8. The van der Waals surface area contributed by atoms with Gasteiger partial charge in [-0.1, -0.05) is 13.0 Å². The van der Waals surface area contributed by atoms with Gasteiger partial charge in [-0.15, -0.1) is 0 Å². The molecule has 0 unspecified atom stereocenters. The molecule has 1 aliphatic rings. The van der Waals surface area contributed by atoms with Crippen molar-refractivity contribution in [3.63, 3.8) is 0 Å². The van der Waals surface area contributed by atoms with Gasteiger partial charge in [0.05, 0.1) is 5.69 Å². The molecular formula is C16H20N4O2. The van der Waals surface area contributed by atoms with Gasteiger partial charge in [-0.05, 0) is 43.4 Å². The van der Waals surface area contributed by atoms with Crippen LogP contribution in [0.1, 0.15) is 25.5 Å². The van der Waals surface area contributed by atoms with Crippen molar-refractivity contribution in [1.29, 1.82) is 0 Å². The minimum Gasteiger partial charge on any atom is -0.481 e. The number of hydrogen-bond donors (Lipinski definition) is 2. The number of aromatic nitrogens is 3. The number of hydrogen-bond acceptors (Lipinski definition) is 4.